The maximum Gasteiger partial charge on any atom is 0.336 e. The van der Waals surface area contributed by atoms with Gasteiger partial charge in [0.05, 0.1) is 10.3 Å². The summed E-state index contributed by atoms with van der Waals surface area (Å²) in [4.78, 5) is 48.9. The van der Waals surface area contributed by atoms with Gasteiger partial charge in [0.1, 0.15) is 0 Å². The molecule has 0 bridgehead atoms. The van der Waals surface area contributed by atoms with Crippen molar-refractivity contribution in [1.82, 2.24) is 0 Å². The maximum atomic E-state index is 12.7. The summed E-state index contributed by atoms with van der Waals surface area (Å²) in [5.41, 5.74) is 0.357. The third kappa shape index (κ3) is 3.10. The van der Waals surface area contributed by atoms with Gasteiger partial charge < -0.3 is 5.11 Å². The van der Waals surface area contributed by atoms with Crippen LogP contribution in [0.25, 0.3) is 0 Å². The van der Waals surface area contributed by atoms with Crippen LogP contribution in [0.15, 0.2) is 48.6 Å². The fourth-order valence-corrected chi connectivity index (χ4v) is 3.78. The highest BCUT2D eigenvalue weighted by molar-refractivity contribution is 8.16. The molecule has 124 valence electrons. The second-order valence-electron chi connectivity index (χ2n) is 5.63. The molecule has 1 aromatic rings. The average Bonchev–Trinajstić information content (AvgIpc) is 2.75. The van der Waals surface area contributed by atoms with Gasteiger partial charge >= 0.3 is 5.97 Å². The molecule has 6 heteroatoms. The van der Waals surface area contributed by atoms with Crippen LogP contribution in [0.2, 0.25) is 0 Å². The van der Waals surface area contributed by atoms with E-state index in [4.69, 9.17) is 0 Å². The molecular weight excluding hydrogens is 328 g/mol. The van der Waals surface area contributed by atoms with Gasteiger partial charge in [-0.25, -0.2) is 4.79 Å². The Morgan fingerprint density at radius 3 is 2.38 bits per heavy atom. The predicted octanol–water partition coefficient (Wildman–Crippen LogP) is 2.92. The van der Waals surface area contributed by atoms with Crippen molar-refractivity contribution in [3.8, 4) is 0 Å². The lowest BCUT2D eigenvalue weighted by Gasteiger charge is -2.16. The molecule has 2 rings (SSSR count). The Morgan fingerprint density at radius 2 is 1.83 bits per heavy atom. The summed E-state index contributed by atoms with van der Waals surface area (Å²) in [5, 5.41) is 8.63. The summed E-state index contributed by atoms with van der Waals surface area (Å²) in [6, 6.07) is 5.57. The van der Waals surface area contributed by atoms with Crippen molar-refractivity contribution in [2.45, 2.75) is 18.6 Å². The molecule has 0 aliphatic carbocycles. The molecule has 1 aromatic carbocycles. The van der Waals surface area contributed by atoms with Crippen LogP contribution in [0.4, 0.5) is 0 Å². The van der Waals surface area contributed by atoms with E-state index in [1.807, 2.05) is 0 Å². The lowest BCUT2D eigenvalue weighted by Crippen LogP contribution is -2.34. The molecule has 5 nitrogen and oxygen atoms in total. The molecule has 1 fully saturated rings. The van der Waals surface area contributed by atoms with E-state index in [0.717, 1.165) is 11.8 Å². The Morgan fingerprint density at radius 1 is 1.25 bits per heavy atom. The third-order valence-electron chi connectivity index (χ3n) is 3.81. The molecule has 0 aromatic heterocycles. The van der Waals surface area contributed by atoms with Crippen molar-refractivity contribution in [3.05, 3.63) is 59.7 Å². The van der Waals surface area contributed by atoms with Crippen LogP contribution in [-0.4, -0.2) is 32.5 Å². The molecule has 1 aliphatic heterocycles. The number of carboxylic acid groups (broad SMARTS) is 1. The zero-order valence-corrected chi connectivity index (χ0v) is 14.1. The monoisotopic (exact) mass is 344 g/mol. The number of hydrogen-bond donors (Lipinski definition) is 1. The molecule has 0 spiro atoms. The summed E-state index contributed by atoms with van der Waals surface area (Å²) >= 11 is 0.784. The Kier molecular flexibility index (Phi) is 4.89. The van der Waals surface area contributed by atoms with E-state index in [0.29, 0.717) is 5.57 Å². The van der Waals surface area contributed by atoms with Gasteiger partial charge in [0.15, 0.2) is 17.5 Å². The van der Waals surface area contributed by atoms with E-state index < -0.39 is 33.3 Å². The first kappa shape index (κ1) is 17.9. The molecule has 1 heterocycles. The molecule has 2 atom stereocenters. The van der Waals surface area contributed by atoms with Crippen molar-refractivity contribution in [2.75, 3.05) is 0 Å². The molecular formula is C18H16O5S. The smallest absolute Gasteiger partial charge is 0.336 e. The zero-order chi connectivity index (χ0) is 18.1. The van der Waals surface area contributed by atoms with Crippen LogP contribution in [0.1, 0.15) is 34.6 Å². The van der Waals surface area contributed by atoms with Gasteiger partial charge in [0.2, 0.25) is 5.12 Å². The second-order valence-corrected chi connectivity index (χ2v) is 7.09. The SMILES string of the molecule is C=CC(C)=CC1(C)SC(=O)C(C(=O)c2ccccc2C(=O)O)C1=O. The second kappa shape index (κ2) is 6.57. The van der Waals surface area contributed by atoms with Crippen LogP contribution < -0.4 is 0 Å². The minimum Gasteiger partial charge on any atom is -0.478 e. The Bertz CT molecular complexity index is 792. The number of benzene rings is 1. The topological polar surface area (TPSA) is 88.5 Å². The molecule has 1 saturated heterocycles. The number of carbonyl (C=O) groups is 4. The number of carboxylic acids is 1. The van der Waals surface area contributed by atoms with Crippen molar-refractivity contribution in [2.24, 2.45) is 5.92 Å². The van der Waals surface area contributed by atoms with Crippen LogP contribution in [0.3, 0.4) is 0 Å². The summed E-state index contributed by atoms with van der Waals surface area (Å²) in [6.45, 7) is 6.92. The van der Waals surface area contributed by atoms with Gasteiger partial charge in [-0.15, -0.1) is 0 Å². The lowest BCUT2D eigenvalue weighted by atomic mass is 9.86. The van der Waals surface area contributed by atoms with E-state index in [1.54, 1.807) is 26.0 Å². The highest BCUT2D eigenvalue weighted by atomic mass is 32.2. The van der Waals surface area contributed by atoms with Crippen LogP contribution >= 0.6 is 11.8 Å². The highest BCUT2D eigenvalue weighted by Gasteiger charge is 2.53. The number of aromatic carboxylic acids is 1. The zero-order valence-electron chi connectivity index (χ0n) is 13.2. The molecule has 0 saturated carbocycles. The quantitative estimate of drug-likeness (QED) is 0.502. The maximum absolute atomic E-state index is 12.7. The van der Waals surface area contributed by atoms with E-state index in [-0.39, 0.29) is 11.1 Å². The minimum absolute atomic E-state index is 0.133. The fourth-order valence-electron chi connectivity index (χ4n) is 2.57. The van der Waals surface area contributed by atoms with E-state index in [2.05, 4.69) is 6.58 Å². The van der Waals surface area contributed by atoms with Crippen molar-refractivity contribution < 1.29 is 24.3 Å². The number of carbonyl (C=O) groups excluding carboxylic acids is 3. The van der Waals surface area contributed by atoms with Crippen LogP contribution in [0, 0.1) is 5.92 Å². The van der Waals surface area contributed by atoms with Gasteiger partial charge in [-0.05, 0) is 19.9 Å². The van der Waals surface area contributed by atoms with Gasteiger partial charge in [0, 0.05) is 5.56 Å². The molecule has 0 amide bonds. The average molecular weight is 344 g/mol. The fraction of sp³-hybridized carbons (Fsp3) is 0.222. The van der Waals surface area contributed by atoms with Crippen molar-refractivity contribution in [1.29, 1.82) is 0 Å². The molecule has 24 heavy (non-hydrogen) atoms. The first-order chi connectivity index (χ1) is 11.2. The van der Waals surface area contributed by atoms with E-state index in [9.17, 15) is 24.3 Å². The number of rotatable bonds is 5. The first-order valence-corrected chi connectivity index (χ1v) is 7.98. The number of allylic oxidation sites excluding steroid dienone is 2. The first-order valence-electron chi connectivity index (χ1n) is 7.17. The number of hydrogen-bond acceptors (Lipinski definition) is 5. The van der Waals surface area contributed by atoms with Gasteiger partial charge in [-0.3, -0.25) is 14.4 Å². The lowest BCUT2D eigenvalue weighted by molar-refractivity contribution is -0.125. The van der Waals surface area contributed by atoms with Crippen molar-refractivity contribution in [3.63, 3.8) is 0 Å². The summed E-state index contributed by atoms with van der Waals surface area (Å²) in [7, 11) is 0. The summed E-state index contributed by atoms with van der Waals surface area (Å²) in [5.74, 6) is -4.09. The van der Waals surface area contributed by atoms with Gasteiger partial charge in [-0.2, -0.15) is 0 Å². The number of ketones is 2. The standard InChI is InChI=1S/C18H16O5S/c1-4-10(2)9-18(3)15(20)13(17(23)24-18)14(19)11-7-5-6-8-12(11)16(21)22/h4-9,13H,1H2,2-3H3,(H,21,22). The molecule has 1 aliphatic rings. The molecule has 1 N–H and O–H groups in total. The highest BCUT2D eigenvalue weighted by Crippen LogP contribution is 2.42. The van der Waals surface area contributed by atoms with E-state index in [1.165, 1.54) is 24.3 Å². The van der Waals surface area contributed by atoms with Crippen LogP contribution in [-0.2, 0) is 9.59 Å². The Hall–Kier alpha value is -2.47. The predicted molar refractivity (Wildman–Crippen MR) is 91.2 cm³/mol. The minimum atomic E-state index is -1.49. The largest absolute Gasteiger partial charge is 0.478 e. The molecule has 0 radical (unpaired) electrons. The Labute approximate surface area is 143 Å². The van der Waals surface area contributed by atoms with E-state index >= 15 is 0 Å². The van der Waals surface area contributed by atoms with Gasteiger partial charge in [0.25, 0.3) is 0 Å². The van der Waals surface area contributed by atoms with Crippen molar-refractivity contribution >= 4 is 34.4 Å². The van der Waals surface area contributed by atoms with Gasteiger partial charge in [-0.1, -0.05) is 54.3 Å². The number of thioether (sulfide) groups is 1. The Balaban J connectivity index is 2.45. The summed E-state index contributed by atoms with van der Waals surface area (Å²) < 4.78 is -1.16. The third-order valence-corrected chi connectivity index (χ3v) is 4.99. The van der Waals surface area contributed by atoms with Crippen LogP contribution in [0.5, 0.6) is 0 Å². The molecule has 2 unspecified atom stereocenters. The normalized spacial score (nSPS) is 24.1. The summed E-state index contributed by atoms with van der Waals surface area (Å²) in [6.07, 6.45) is 3.15. The number of Topliss-reactive ketones (excluding diaryl/α,β-unsaturated/α-hetero) is 2.